The molecule has 0 fully saturated rings. The number of thiol groups is 1. The van der Waals surface area contributed by atoms with Gasteiger partial charge in [-0.2, -0.15) is 0 Å². The molecule has 0 saturated carbocycles. The van der Waals surface area contributed by atoms with Crippen molar-refractivity contribution in [2.24, 2.45) is 0 Å². The minimum Gasteiger partial charge on any atom is -0.352 e. The second-order valence-corrected chi connectivity index (χ2v) is 4.90. The van der Waals surface area contributed by atoms with Crippen LogP contribution >= 0.6 is 24.2 Å². The number of nitrogens with one attached hydrogen (secondary N) is 1. The van der Waals surface area contributed by atoms with E-state index in [1.54, 1.807) is 18.2 Å². The largest absolute Gasteiger partial charge is 0.352 e. The summed E-state index contributed by atoms with van der Waals surface area (Å²) in [4.78, 5) is 12.6. The van der Waals surface area contributed by atoms with Crippen molar-refractivity contribution in [3.8, 4) is 0 Å². The summed E-state index contributed by atoms with van der Waals surface area (Å²) in [5, 5.41) is 3.34. The Morgan fingerprint density at radius 2 is 2.12 bits per heavy atom. The summed E-state index contributed by atoms with van der Waals surface area (Å²) in [6.45, 7) is 2.86. The highest BCUT2D eigenvalue weighted by Gasteiger charge is 2.09. The molecule has 0 aliphatic carbocycles. The molecule has 1 aromatic carbocycles. The standard InChI is InChI=1S/C13H18ClNOS/c1-2-3-4-5-8-15-13(16)11-9-10(17)6-7-12(11)14/h6-7,9,17H,2-5,8H2,1H3,(H,15,16). The lowest BCUT2D eigenvalue weighted by Gasteiger charge is -2.07. The Morgan fingerprint density at radius 3 is 2.82 bits per heavy atom. The van der Waals surface area contributed by atoms with Gasteiger partial charge in [-0.25, -0.2) is 0 Å². The highest BCUT2D eigenvalue weighted by Crippen LogP contribution is 2.19. The molecule has 1 aromatic rings. The first kappa shape index (κ1) is 14.4. The van der Waals surface area contributed by atoms with E-state index in [0.29, 0.717) is 17.1 Å². The van der Waals surface area contributed by atoms with E-state index in [-0.39, 0.29) is 5.91 Å². The van der Waals surface area contributed by atoms with Gasteiger partial charge >= 0.3 is 0 Å². The van der Waals surface area contributed by atoms with Crippen molar-refractivity contribution in [3.63, 3.8) is 0 Å². The molecule has 0 heterocycles. The van der Waals surface area contributed by atoms with E-state index in [0.717, 1.165) is 17.7 Å². The van der Waals surface area contributed by atoms with Crippen LogP contribution in [0.1, 0.15) is 43.0 Å². The second kappa shape index (κ2) is 7.62. The van der Waals surface area contributed by atoms with Gasteiger partial charge in [0.25, 0.3) is 5.91 Å². The molecule has 1 amide bonds. The fourth-order valence-corrected chi connectivity index (χ4v) is 1.94. The van der Waals surface area contributed by atoms with Gasteiger partial charge in [-0.3, -0.25) is 4.79 Å². The zero-order chi connectivity index (χ0) is 12.7. The quantitative estimate of drug-likeness (QED) is 0.596. The van der Waals surface area contributed by atoms with Gasteiger partial charge in [0, 0.05) is 11.4 Å². The van der Waals surface area contributed by atoms with Gasteiger partial charge < -0.3 is 5.32 Å². The Balaban J connectivity index is 2.44. The molecule has 4 heteroatoms. The van der Waals surface area contributed by atoms with Gasteiger partial charge in [0.15, 0.2) is 0 Å². The summed E-state index contributed by atoms with van der Waals surface area (Å²) in [7, 11) is 0. The van der Waals surface area contributed by atoms with E-state index in [4.69, 9.17) is 11.6 Å². The molecule has 1 N–H and O–H groups in total. The van der Waals surface area contributed by atoms with Crippen molar-refractivity contribution >= 4 is 30.1 Å². The number of hydrogen-bond donors (Lipinski definition) is 2. The molecule has 0 atom stereocenters. The van der Waals surface area contributed by atoms with Crippen LogP contribution in [0.3, 0.4) is 0 Å². The van der Waals surface area contributed by atoms with Crippen LogP contribution in [0.2, 0.25) is 5.02 Å². The van der Waals surface area contributed by atoms with Crippen molar-refractivity contribution in [3.05, 3.63) is 28.8 Å². The number of rotatable bonds is 6. The zero-order valence-electron chi connectivity index (χ0n) is 10.0. The van der Waals surface area contributed by atoms with E-state index in [9.17, 15) is 4.79 Å². The van der Waals surface area contributed by atoms with Gasteiger partial charge in [0.05, 0.1) is 10.6 Å². The van der Waals surface area contributed by atoms with Crippen LogP contribution in [0, 0.1) is 0 Å². The molecule has 0 radical (unpaired) electrons. The minimum atomic E-state index is -0.123. The summed E-state index contributed by atoms with van der Waals surface area (Å²) in [6.07, 6.45) is 4.57. The van der Waals surface area contributed by atoms with Crippen LogP contribution < -0.4 is 5.32 Å². The van der Waals surface area contributed by atoms with Gasteiger partial charge in [0.2, 0.25) is 0 Å². The van der Waals surface area contributed by atoms with Crippen LogP contribution in [-0.2, 0) is 0 Å². The number of unbranched alkanes of at least 4 members (excludes halogenated alkanes) is 3. The van der Waals surface area contributed by atoms with Crippen LogP contribution in [0.25, 0.3) is 0 Å². The first-order chi connectivity index (χ1) is 8.15. The number of hydrogen-bond acceptors (Lipinski definition) is 2. The van der Waals surface area contributed by atoms with Crippen LogP contribution in [0.5, 0.6) is 0 Å². The molecule has 94 valence electrons. The molecule has 0 saturated heterocycles. The Morgan fingerprint density at radius 1 is 1.35 bits per heavy atom. The van der Waals surface area contributed by atoms with E-state index in [2.05, 4.69) is 24.9 Å². The summed E-state index contributed by atoms with van der Waals surface area (Å²) in [5.41, 5.74) is 0.495. The average Bonchev–Trinajstić information content (AvgIpc) is 2.32. The van der Waals surface area contributed by atoms with Gasteiger partial charge in [0.1, 0.15) is 0 Å². The molecule has 0 aromatic heterocycles. The van der Waals surface area contributed by atoms with Gasteiger partial charge in [-0.1, -0.05) is 37.8 Å². The molecule has 2 nitrogen and oxygen atoms in total. The summed E-state index contributed by atoms with van der Waals surface area (Å²) in [6, 6.07) is 5.15. The number of amides is 1. The van der Waals surface area contributed by atoms with Crippen molar-refractivity contribution in [2.45, 2.75) is 37.5 Å². The predicted molar refractivity (Wildman–Crippen MR) is 75.2 cm³/mol. The molecule has 1 rings (SSSR count). The fraction of sp³-hybridized carbons (Fsp3) is 0.462. The smallest absolute Gasteiger partial charge is 0.252 e. The van der Waals surface area contributed by atoms with E-state index in [1.807, 2.05) is 0 Å². The third-order valence-corrected chi connectivity index (χ3v) is 3.12. The molecular weight excluding hydrogens is 254 g/mol. The fourth-order valence-electron chi connectivity index (χ4n) is 1.54. The number of carbonyl (C=O) groups excluding carboxylic acids is 1. The van der Waals surface area contributed by atoms with E-state index in [1.165, 1.54) is 12.8 Å². The van der Waals surface area contributed by atoms with E-state index >= 15 is 0 Å². The summed E-state index contributed by atoms with van der Waals surface area (Å²) >= 11 is 10.2. The summed E-state index contributed by atoms with van der Waals surface area (Å²) in [5.74, 6) is -0.123. The summed E-state index contributed by atoms with van der Waals surface area (Å²) < 4.78 is 0. The third kappa shape index (κ3) is 5.00. The zero-order valence-corrected chi connectivity index (χ0v) is 11.7. The molecule has 0 unspecified atom stereocenters. The lowest BCUT2D eigenvalue weighted by Crippen LogP contribution is -2.24. The van der Waals surface area contributed by atoms with Crippen molar-refractivity contribution in [2.75, 3.05) is 6.54 Å². The van der Waals surface area contributed by atoms with E-state index < -0.39 is 0 Å². The Kier molecular flexibility index (Phi) is 6.45. The molecule has 0 bridgehead atoms. The number of halogens is 1. The Labute approximate surface area is 113 Å². The highest BCUT2D eigenvalue weighted by molar-refractivity contribution is 7.80. The average molecular weight is 272 g/mol. The maximum absolute atomic E-state index is 11.8. The first-order valence-corrected chi connectivity index (χ1v) is 6.74. The third-order valence-electron chi connectivity index (χ3n) is 2.51. The topological polar surface area (TPSA) is 29.1 Å². The molecular formula is C13H18ClNOS. The van der Waals surface area contributed by atoms with Crippen LogP contribution in [-0.4, -0.2) is 12.5 Å². The predicted octanol–water partition coefficient (Wildman–Crippen LogP) is 3.94. The SMILES string of the molecule is CCCCCCNC(=O)c1cc(S)ccc1Cl. The maximum atomic E-state index is 11.8. The minimum absolute atomic E-state index is 0.123. The Bertz CT molecular complexity index is 382. The molecule has 0 aliphatic rings. The Hall–Kier alpha value is -0.670. The lowest BCUT2D eigenvalue weighted by molar-refractivity contribution is 0.0953. The molecule has 17 heavy (non-hydrogen) atoms. The molecule has 0 spiro atoms. The lowest BCUT2D eigenvalue weighted by atomic mass is 10.2. The molecule has 0 aliphatic heterocycles. The van der Waals surface area contributed by atoms with Crippen LogP contribution in [0.15, 0.2) is 23.1 Å². The van der Waals surface area contributed by atoms with Crippen molar-refractivity contribution < 1.29 is 4.79 Å². The van der Waals surface area contributed by atoms with Crippen molar-refractivity contribution in [1.29, 1.82) is 0 Å². The van der Waals surface area contributed by atoms with Crippen LogP contribution in [0.4, 0.5) is 0 Å². The maximum Gasteiger partial charge on any atom is 0.252 e. The normalized spacial score (nSPS) is 10.3. The number of carbonyl (C=O) groups is 1. The highest BCUT2D eigenvalue weighted by atomic mass is 35.5. The number of benzene rings is 1. The van der Waals surface area contributed by atoms with Gasteiger partial charge in [-0.05, 0) is 24.6 Å². The monoisotopic (exact) mass is 271 g/mol. The second-order valence-electron chi connectivity index (χ2n) is 3.98. The van der Waals surface area contributed by atoms with Gasteiger partial charge in [-0.15, -0.1) is 12.6 Å². The first-order valence-electron chi connectivity index (χ1n) is 5.92. The van der Waals surface area contributed by atoms with Crippen molar-refractivity contribution in [1.82, 2.24) is 5.32 Å².